The summed E-state index contributed by atoms with van der Waals surface area (Å²) in [4.78, 5) is 12.5. The van der Waals surface area contributed by atoms with E-state index < -0.39 is 0 Å². The number of rotatable bonds is 2. The molecule has 2 unspecified atom stereocenters. The van der Waals surface area contributed by atoms with Crippen molar-refractivity contribution in [2.45, 2.75) is 51.5 Å². The normalized spacial score (nSPS) is 29.8. The molecule has 0 aliphatic heterocycles. The standard InChI is InChI=1S/C15H21N3O/c1-15(7-3-2-4-8-15)14(19)17-12-6-5-11-10-16-18-13(11)9-12/h2-3,10,12H,4-9H2,1H3,(H,16,18)(H,17,19). The van der Waals surface area contributed by atoms with Crippen LogP contribution in [0.4, 0.5) is 0 Å². The molecular weight excluding hydrogens is 238 g/mol. The molecular formula is C15H21N3O. The van der Waals surface area contributed by atoms with Crippen LogP contribution < -0.4 is 5.32 Å². The van der Waals surface area contributed by atoms with Gasteiger partial charge in [0.2, 0.25) is 5.91 Å². The number of carbonyl (C=O) groups is 1. The predicted molar refractivity (Wildman–Crippen MR) is 73.6 cm³/mol. The molecule has 3 rings (SSSR count). The van der Waals surface area contributed by atoms with Crippen LogP contribution in [0.3, 0.4) is 0 Å². The second-order valence-electron chi connectivity index (χ2n) is 6.06. The Bertz CT molecular complexity index is 505. The summed E-state index contributed by atoms with van der Waals surface area (Å²) in [7, 11) is 0. The van der Waals surface area contributed by atoms with Crippen molar-refractivity contribution in [3.63, 3.8) is 0 Å². The van der Waals surface area contributed by atoms with E-state index in [1.165, 1.54) is 11.3 Å². The van der Waals surface area contributed by atoms with E-state index in [1.807, 2.05) is 6.20 Å². The summed E-state index contributed by atoms with van der Waals surface area (Å²) >= 11 is 0. The number of fused-ring (bicyclic) bond motifs is 1. The van der Waals surface area contributed by atoms with Crippen molar-refractivity contribution < 1.29 is 4.79 Å². The Morgan fingerprint density at radius 1 is 1.53 bits per heavy atom. The lowest BCUT2D eigenvalue weighted by Gasteiger charge is -2.32. The van der Waals surface area contributed by atoms with Crippen molar-refractivity contribution in [1.82, 2.24) is 15.5 Å². The Hall–Kier alpha value is -1.58. The Balaban J connectivity index is 1.63. The largest absolute Gasteiger partial charge is 0.352 e. The Labute approximate surface area is 113 Å². The third-order valence-corrected chi connectivity index (χ3v) is 4.50. The van der Waals surface area contributed by atoms with Crippen molar-refractivity contribution in [2.24, 2.45) is 5.41 Å². The van der Waals surface area contributed by atoms with Crippen molar-refractivity contribution in [1.29, 1.82) is 0 Å². The number of aryl methyl sites for hydroxylation is 1. The van der Waals surface area contributed by atoms with E-state index in [1.54, 1.807) is 0 Å². The molecule has 1 aromatic rings. The number of nitrogens with one attached hydrogen (secondary N) is 2. The molecule has 0 fully saturated rings. The van der Waals surface area contributed by atoms with Gasteiger partial charge in [-0.3, -0.25) is 9.89 Å². The molecule has 2 atom stereocenters. The van der Waals surface area contributed by atoms with Gasteiger partial charge in [0, 0.05) is 18.2 Å². The highest BCUT2D eigenvalue weighted by molar-refractivity contribution is 5.83. The Morgan fingerprint density at radius 3 is 3.21 bits per heavy atom. The monoisotopic (exact) mass is 259 g/mol. The molecule has 2 aliphatic rings. The first-order valence-electron chi connectivity index (χ1n) is 7.14. The van der Waals surface area contributed by atoms with E-state index in [0.29, 0.717) is 0 Å². The summed E-state index contributed by atoms with van der Waals surface area (Å²) in [5.74, 6) is 0.213. The molecule has 0 aromatic carbocycles. The van der Waals surface area contributed by atoms with Crippen LogP contribution in [0.1, 0.15) is 43.9 Å². The highest BCUT2D eigenvalue weighted by atomic mass is 16.2. The number of allylic oxidation sites excluding steroid dienone is 2. The lowest BCUT2D eigenvalue weighted by atomic mass is 9.77. The molecule has 1 amide bonds. The maximum absolute atomic E-state index is 12.5. The van der Waals surface area contributed by atoms with Crippen molar-refractivity contribution in [3.8, 4) is 0 Å². The molecule has 2 N–H and O–H groups in total. The van der Waals surface area contributed by atoms with Gasteiger partial charge in [-0.05, 0) is 37.7 Å². The topological polar surface area (TPSA) is 57.8 Å². The van der Waals surface area contributed by atoms with Crippen LogP contribution in [0.2, 0.25) is 0 Å². The van der Waals surface area contributed by atoms with Crippen LogP contribution in [0, 0.1) is 5.41 Å². The van der Waals surface area contributed by atoms with Gasteiger partial charge in [-0.25, -0.2) is 0 Å². The summed E-state index contributed by atoms with van der Waals surface area (Å²) in [6.45, 7) is 2.08. The molecule has 1 aromatic heterocycles. The zero-order valence-electron chi connectivity index (χ0n) is 11.4. The first kappa shape index (κ1) is 12.5. The molecule has 0 bridgehead atoms. The number of amides is 1. The fourth-order valence-electron chi connectivity index (χ4n) is 3.06. The van der Waals surface area contributed by atoms with Gasteiger partial charge in [0.05, 0.1) is 11.6 Å². The highest BCUT2D eigenvalue weighted by Crippen LogP contribution is 2.32. The average Bonchev–Trinajstić information content (AvgIpc) is 2.87. The lowest BCUT2D eigenvalue weighted by Crippen LogP contribution is -2.46. The van der Waals surface area contributed by atoms with Crippen LogP contribution in [0.5, 0.6) is 0 Å². The molecule has 4 nitrogen and oxygen atoms in total. The zero-order valence-corrected chi connectivity index (χ0v) is 11.4. The number of hydrogen-bond donors (Lipinski definition) is 2. The predicted octanol–water partition coefficient (Wildman–Crippen LogP) is 2.13. The van der Waals surface area contributed by atoms with Gasteiger partial charge in [0.15, 0.2) is 0 Å². The second kappa shape index (κ2) is 4.83. The molecule has 1 heterocycles. The summed E-state index contributed by atoms with van der Waals surface area (Å²) in [5.41, 5.74) is 2.27. The molecule has 0 radical (unpaired) electrons. The molecule has 0 saturated heterocycles. The minimum absolute atomic E-state index is 0.213. The number of carbonyl (C=O) groups excluding carboxylic acids is 1. The third kappa shape index (κ3) is 2.44. The highest BCUT2D eigenvalue weighted by Gasteiger charge is 2.34. The van der Waals surface area contributed by atoms with Gasteiger partial charge in [-0.15, -0.1) is 0 Å². The van der Waals surface area contributed by atoms with Gasteiger partial charge in [0.1, 0.15) is 0 Å². The van der Waals surface area contributed by atoms with Crippen molar-refractivity contribution in [3.05, 3.63) is 29.6 Å². The first-order valence-corrected chi connectivity index (χ1v) is 7.14. The number of aromatic nitrogens is 2. The summed E-state index contributed by atoms with van der Waals surface area (Å²) < 4.78 is 0. The number of nitrogens with zero attached hydrogens (tertiary/aromatic N) is 1. The van der Waals surface area contributed by atoms with Crippen LogP contribution in [-0.2, 0) is 17.6 Å². The number of aromatic amines is 1. The van der Waals surface area contributed by atoms with Crippen LogP contribution >= 0.6 is 0 Å². The Morgan fingerprint density at radius 2 is 2.42 bits per heavy atom. The lowest BCUT2D eigenvalue weighted by molar-refractivity contribution is -0.131. The number of hydrogen-bond acceptors (Lipinski definition) is 2. The molecule has 102 valence electrons. The van der Waals surface area contributed by atoms with E-state index >= 15 is 0 Å². The average molecular weight is 259 g/mol. The fourth-order valence-corrected chi connectivity index (χ4v) is 3.06. The van der Waals surface area contributed by atoms with Gasteiger partial charge in [0.25, 0.3) is 0 Å². The molecule has 19 heavy (non-hydrogen) atoms. The van der Waals surface area contributed by atoms with Crippen LogP contribution in [0.25, 0.3) is 0 Å². The van der Waals surface area contributed by atoms with Crippen LogP contribution in [0.15, 0.2) is 18.3 Å². The third-order valence-electron chi connectivity index (χ3n) is 4.50. The van der Waals surface area contributed by atoms with Crippen molar-refractivity contribution in [2.75, 3.05) is 0 Å². The van der Waals surface area contributed by atoms with E-state index in [0.717, 1.165) is 38.5 Å². The molecule has 2 aliphatic carbocycles. The zero-order chi connectivity index (χ0) is 13.3. The SMILES string of the molecule is CC1(C(=O)NC2CCc3cn[nH]c3C2)CC=CCC1. The van der Waals surface area contributed by atoms with Gasteiger partial charge >= 0.3 is 0 Å². The molecule has 0 spiro atoms. The second-order valence-corrected chi connectivity index (χ2v) is 6.06. The van der Waals surface area contributed by atoms with E-state index in [2.05, 4.69) is 34.6 Å². The minimum Gasteiger partial charge on any atom is -0.352 e. The smallest absolute Gasteiger partial charge is 0.226 e. The van der Waals surface area contributed by atoms with E-state index in [-0.39, 0.29) is 17.4 Å². The molecule has 0 saturated carbocycles. The van der Waals surface area contributed by atoms with Crippen molar-refractivity contribution >= 4 is 5.91 Å². The maximum atomic E-state index is 12.5. The summed E-state index contributed by atoms with van der Waals surface area (Å²) in [5, 5.41) is 10.4. The summed E-state index contributed by atoms with van der Waals surface area (Å²) in [6, 6.07) is 0.253. The minimum atomic E-state index is -0.219. The van der Waals surface area contributed by atoms with Gasteiger partial charge in [-0.2, -0.15) is 5.10 Å². The number of H-pyrrole nitrogens is 1. The fraction of sp³-hybridized carbons (Fsp3) is 0.600. The van der Waals surface area contributed by atoms with Gasteiger partial charge < -0.3 is 5.32 Å². The van der Waals surface area contributed by atoms with E-state index in [9.17, 15) is 4.79 Å². The van der Waals surface area contributed by atoms with Gasteiger partial charge in [-0.1, -0.05) is 19.1 Å². The summed E-state index contributed by atoms with van der Waals surface area (Å²) in [6.07, 6.45) is 12.0. The molecule has 4 heteroatoms. The maximum Gasteiger partial charge on any atom is 0.226 e. The Kier molecular flexibility index (Phi) is 3.17. The van der Waals surface area contributed by atoms with E-state index in [4.69, 9.17) is 0 Å². The van der Waals surface area contributed by atoms with Crippen LogP contribution in [-0.4, -0.2) is 22.1 Å². The first-order chi connectivity index (χ1) is 9.17. The quantitative estimate of drug-likeness (QED) is 0.799.